The minimum Gasteiger partial charge on any atom is -0.411 e. The molecule has 1 aromatic carbocycles. The van der Waals surface area contributed by atoms with Crippen LogP contribution < -0.4 is 10.6 Å². The normalized spacial score (nSPS) is 10.9. The van der Waals surface area contributed by atoms with E-state index in [1.807, 2.05) is 0 Å². The summed E-state index contributed by atoms with van der Waals surface area (Å²) in [6, 6.07) is 6.73. The lowest BCUT2D eigenvalue weighted by Gasteiger charge is -2.04. The van der Waals surface area contributed by atoms with Crippen molar-refractivity contribution >= 4 is 17.4 Å². The van der Waals surface area contributed by atoms with Crippen LogP contribution in [-0.4, -0.2) is 24.0 Å². The van der Waals surface area contributed by atoms with Crippen molar-refractivity contribution in [3.05, 3.63) is 29.8 Å². The van der Waals surface area contributed by atoms with Crippen molar-refractivity contribution in [2.24, 2.45) is 5.16 Å². The lowest BCUT2D eigenvalue weighted by molar-refractivity contribution is 0.254. The van der Waals surface area contributed by atoms with Gasteiger partial charge in [-0.15, -0.1) is 0 Å². The second kappa shape index (κ2) is 4.99. The smallest absolute Gasteiger partial charge is 0.318 e. The molecule has 0 atom stereocenters. The fourth-order valence-electron chi connectivity index (χ4n) is 1.05. The number of oxime groups is 1. The molecule has 0 aliphatic heterocycles. The topological polar surface area (TPSA) is 73.7 Å². The summed E-state index contributed by atoms with van der Waals surface area (Å²) < 4.78 is 0. The number of hydrogen-bond donors (Lipinski definition) is 3. The first-order valence-electron chi connectivity index (χ1n) is 4.45. The van der Waals surface area contributed by atoms with Crippen molar-refractivity contribution in [1.29, 1.82) is 0 Å². The average Bonchev–Trinajstić information content (AvgIpc) is 2.29. The Labute approximate surface area is 87.8 Å². The van der Waals surface area contributed by atoms with Gasteiger partial charge >= 0.3 is 6.03 Å². The molecule has 5 heteroatoms. The third-order valence-corrected chi connectivity index (χ3v) is 1.94. The molecule has 0 aliphatic carbocycles. The molecule has 0 spiro atoms. The first-order chi connectivity index (χ1) is 7.17. The molecular weight excluding hydrogens is 194 g/mol. The highest BCUT2D eigenvalue weighted by molar-refractivity contribution is 5.99. The number of amides is 2. The highest BCUT2D eigenvalue weighted by Gasteiger charge is 2.00. The molecule has 80 valence electrons. The number of hydrogen-bond acceptors (Lipinski definition) is 3. The van der Waals surface area contributed by atoms with Crippen molar-refractivity contribution in [2.45, 2.75) is 6.92 Å². The number of carbonyl (C=O) groups excluding carboxylic acids is 1. The van der Waals surface area contributed by atoms with E-state index in [0.717, 1.165) is 5.56 Å². The molecule has 0 unspecified atom stereocenters. The molecule has 0 saturated heterocycles. The van der Waals surface area contributed by atoms with Crippen LogP contribution in [0.4, 0.5) is 10.5 Å². The monoisotopic (exact) mass is 207 g/mol. The van der Waals surface area contributed by atoms with E-state index < -0.39 is 0 Å². The Kier molecular flexibility index (Phi) is 3.68. The van der Waals surface area contributed by atoms with Crippen molar-refractivity contribution in [1.82, 2.24) is 5.32 Å². The van der Waals surface area contributed by atoms with Crippen LogP contribution in [0.2, 0.25) is 0 Å². The fraction of sp³-hybridized carbons (Fsp3) is 0.200. The molecule has 0 bridgehead atoms. The van der Waals surface area contributed by atoms with E-state index >= 15 is 0 Å². The van der Waals surface area contributed by atoms with E-state index in [1.54, 1.807) is 38.2 Å². The SMILES string of the molecule is CNC(=O)Nc1ccc(/C(C)=N/O)cc1. The fourth-order valence-corrected chi connectivity index (χ4v) is 1.05. The molecule has 0 heterocycles. The lowest BCUT2D eigenvalue weighted by Crippen LogP contribution is -2.24. The van der Waals surface area contributed by atoms with Gasteiger partial charge in [0.1, 0.15) is 0 Å². The van der Waals surface area contributed by atoms with Gasteiger partial charge in [-0.25, -0.2) is 4.79 Å². The second-order valence-corrected chi connectivity index (χ2v) is 2.97. The van der Waals surface area contributed by atoms with Crippen molar-refractivity contribution in [2.75, 3.05) is 12.4 Å². The Morgan fingerprint density at radius 3 is 2.40 bits per heavy atom. The zero-order valence-corrected chi connectivity index (χ0v) is 8.61. The molecule has 1 aromatic rings. The Balaban J connectivity index is 2.77. The van der Waals surface area contributed by atoms with Crippen LogP contribution in [0, 0.1) is 0 Å². The first kappa shape index (κ1) is 11.0. The quantitative estimate of drug-likeness (QED) is 0.392. The predicted octanol–water partition coefficient (Wildman–Crippen LogP) is 1.64. The van der Waals surface area contributed by atoms with Crippen LogP contribution in [-0.2, 0) is 0 Å². The predicted molar refractivity (Wildman–Crippen MR) is 58.5 cm³/mol. The maximum absolute atomic E-state index is 11.0. The van der Waals surface area contributed by atoms with Gasteiger partial charge < -0.3 is 15.8 Å². The second-order valence-electron chi connectivity index (χ2n) is 2.97. The molecule has 0 saturated carbocycles. The molecule has 15 heavy (non-hydrogen) atoms. The van der Waals surface area contributed by atoms with E-state index in [9.17, 15) is 4.79 Å². The number of carbonyl (C=O) groups is 1. The van der Waals surface area contributed by atoms with Crippen molar-refractivity contribution in [3.8, 4) is 0 Å². The van der Waals surface area contributed by atoms with Gasteiger partial charge in [-0.05, 0) is 24.6 Å². The van der Waals surface area contributed by atoms with Crippen LogP contribution in [0.5, 0.6) is 0 Å². The van der Waals surface area contributed by atoms with Gasteiger partial charge in [-0.2, -0.15) is 0 Å². The zero-order chi connectivity index (χ0) is 11.3. The highest BCUT2D eigenvalue weighted by Crippen LogP contribution is 2.10. The van der Waals surface area contributed by atoms with Crippen LogP contribution >= 0.6 is 0 Å². The van der Waals surface area contributed by atoms with Crippen LogP contribution in [0.3, 0.4) is 0 Å². The zero-order valence-electron chi connectivity index (χ0n) is 8.61. The highest BCUT2D eigenvalue weighted by atomic mass is 16.4. The molecular formula is C10H13N3O2. The summed E-state index contributed by atoms with van der Waals surface area (Å²) in [5.41, 5.74) is 2.02. The van der Waals surface area contributed by atoms with Gasteiger partial charge in [0, 0.05) is 12.7 Å². The summed E-state index contributed by atoms with van der Waals surface area (Å²) in [5.74, 6) is 0. The van der Waals surface area contributed by atoms with Crippen LogP contribution in [0.1, 0.15) is 12.5 Å². The minimum atomic E-state index is -0.268. The maximum atomic E-state index is 11.0. The van der Waals surface area contributed by atoms with E-state index in [0.29, 0.717) is 11.4 Å². The Morgan fingerprint density at radius 1 is 1.33 bits per heavy atom. The van der Waals surface area contributed by atoms with Crippen LogP contribution in [0.15, 0.2) is 29.4 Å². The minimum absolute atomic E-state index is 0.268. The van der Waals surface area contributed by atoms with Gasteiger partial charge in [0.25, 0.3) is 0 Å². The number of benzene rings is 1. The van der Waals surface area contributed by atoms with E-state index in [2.05, 4.69) is 15.8 Å². The van der Waals surface area contributed by atoms with Crippen molar-refractivity contribution < 1.29 is 10.0 Å². The summed E-state index contributed by atoms with van der Waals surface area (Å²) in [7, 11) is 1.55. The summed E-state index contributed by atoms with van der Waals surface area (Å²) in [5, 5.41) is 16.7. The molecule has 0 aromatic heterocycles. The summed E-state index contributed by atoms with van der Waals surface area (Å²) in [6.45, 7) is 1.70. The Bertz CT molecular complexity index is 371. The third-order valence-electron chi connectivity index (χ3n) is 1.94. The van der Waals surface area contributed by atoms with E-state index in [4.69, 9.17) is 5.21 Å². The number of rotatable bonds is 2. The maximum Gasteiger partial charge on any atom is 0.318 e. The van der Waals surface area contributed by atoms with E-state index in [1.165, 1.54) is 0 Å². The molecule has 0 radical (unpaired) electrons. The van der Waals surface area contributed by atoms with Gasteiger partial charge in [-0.3, -0.25) is 0 Å². The Morgan fingerprint density at radius 2 is 1.93 bits per heavy atom. The molecule has 1 rings (SSSR count). The lowest BCUT2D eigenvalue weighted by atomic mass is 10.1. The standard InChI is InChI=1S/C10H13N3O2/c1-7(13-15)8-3-5-9(6-4-8)12-10(14)11-2/h3-6,15H,1-2H3,(H2,11,12,14)/b13-7+. The molecule has 0 fully saturated rings. The molecule has 2 amide bonds. The number of nitrogens with one attached hydrogen (secondary N) is 2. The van der Waals surface area contributed by atoms with E-state index in [-0.39, 0.29) is 6.03 Å². The van der Waals surface area contributed by atoms with Gasteiger partial charge in [0.15, 0.2) is 0 Å². The molecule has 3 N–H and O–H groups in total. The molecule has 5 nitrogen and oxygen atoms in total. The first-order valence-corrected chi connectivity index (χ1v) is 4.45. The molecule has 0 aliphatic rings. The van der Waals surface area contributed by atoms with Crippen molar-refractivity contribution in [3.63, 3.8) is 0 Å². The number of nitrogens with zero attached hydrogens (tertiary/aromatic N) is 1. The summed E-state index contributed by atoms with van der Waals surface area (Å²) in [4.78, 5) is 11.0. The number of anilines is 1. The largest absolute Gasteiger partial charge is 0.411 e. The summed E-state index contributed by atoms with van der Waals surface area (Å²) >= 11 is 0. The summed E-state index contributed by atoms with van der Waals surface area (Å²) in [6.07, 6.45) is 0. The van der Waals surface area contributed by atoms with Crippen LogP contribution in [0.25, 0.3) is 0 Å². The number of urea groups is 1. The van der Waals surface area contributed by atoms with Gasteiger partial charge in [-0.1, -0.05) is 17.3 Å². The van der Waals surface area contributed by atoms with Gasteiger partial charge in [0.2, 0.25) is 0 Å². The average molecular weight is 207 g/mol. The van der Waals surface area contributed by atoms with Gasteiger partial charge in [0.05, 0.1) is 5.71 Å². The third kappa shape index (κ3) is 2.98. The Hall–Kier alpha value is -2.04.